The Labute approximate surface area is 122 Å². The fraction of sp³-hybridized carbons (Fsp3) is 0.600. The molecule has 1 aliphatic heterocycles. The molecule has 0 aliphatic carbocycles. The molecule has 1 aliphatic rings. The summed E-state index contributed by atoms with van der Waals surface area (Å²) in [7, 11) is -3.28. The van der Waals surface area contributed by atoms with Crippen LogP contribution in [0.4, 0.5) is 0 Å². The van der Waals surface area contributed by atoms with Crippen LogP contribution in [0.25, 0.3) is 0 Å². The number of nitrogens with zero attached hydrogens (tertiary/aromatic N) is 1. The molecular formula is C15H24N2O2S. The second kappa shape index (κ2) is 5.84. The monoisotopic (exact) mass is 296 g/mol. The molecule has 0 spiro atoms. The van der Waals surface area contributed by atoms with Gasteiger partial charge in [0, 0.05) is 19.1 Å². The van der Waals surface area contributed by atoms with Crippen LogP contribution in [0.5, 0.6) is 0 Å². The van der Waals surface area contributed by atoms with Crippen molar-refractivity contribution in [2.75, 3.05) is 13.1 Å². The molecule has 1 heterocycles. The molecule has 0 unspecified atom stereocenters. The third kappa shape index (κ3) is 3.40. The first-order valence-corrected chi connectivity index (χ1v) is 8.69. The molecule has 1 fully saturated rings. The van der Waals surface area contributed by atoms with Crippen molar-refractivity contribution in [1.82, 2.24) is 4.31 Å². The number of rotatable bonds is 4. The number of benzene rings is 1. The van der Waals surface area contributed by atoms with Crippen molar-refractivity contribution in [2.45, 2.75) is 32.6 Å². The summed E-state index contributed by atoms with van der Waals surface area (Å²) in [5.41, 5.74) is 8.00. The van der Waals surface area contributed by atoms with E-state index in [-0.39, 0.29) is 17.7 Å². The Morgan fingerprint density at radius 2 is 2.05 bits per heavy atom. The van der Waals surface area contributed by atoms with Crippen molar-refractivity contribution < 1.29 is 8.42 Å². The normalized spacial score (nSPS) is 24.4. The molecule has 2 rings (SSSR count). The molecule has 112 valence electrons. The minimum absolute atomic E-state index is 0.0534. The summed E-state index contributed by atoms with van der Waals surface area (Å²) in [5, 5.41) is 0. The first-order valence-electron chi connectivity index (χ1n) is 7.08. The van der Waals surface area contributed by atoms with E-state index < -0.39 is 10.0 Å². The highest BCUT2D eigenvalue weighted by Gasteiger charge is 2.37. The lowest BCUT2D eigenvalue weighted by Gasteiger charge is -2.18. The van der Waals surface area contributed by atoms with Gasteiger partial charge in [-0.25, -0.2) is 8.42 Å². The summed E-state index contributed by atoms with van der Waals surface area (Å²) in [4.78, 5) is 0. The minimum Gasteiger partial charge on any atom is -0.326 e. The van der Waals surface area contributed by atoms with Gasteiger partial charge < -0.3 is 5.73 Å². The largest absolute Gasteiger partial charge is 0.326 e. The Balaban J connectivity index is 2.12. The standard InChI is InChI=1S/C15H24N2O2S/c1-11(2)14-8-17(9-15(14)16)20(18,19)10-13-6-4-5-12(3)7-13/h4-7,11,14-15H,8-10,16H2,1-3H3/t14-,15+/m1/s1. The van der Waals surface area contributed by atoms with Crippen LogP contribution in [0.2, 0.25) is 0 Å². The molecule has 0 amide bonds. The molecule has 0 aromatic heterocycles. The molecule has 0 bridgehead atoms. The van der Waals surface area contributed by atoms with Crippen LogP contribution >= 0.6 is 0 Å². The second-order valence-electron chi connectivity index (χ2n) is 6.13. The van der Waals surface area contributed by atoms with Crippen molar-refractivity contribution in [1.29, 1.82) is 0 Å². The highest BCUT2D eigenvalue weighted by Crippen LogP contribution is 2.26. The van der Waals surface area contributed by atoms with E-state index in [0.29, 0.717) is 19.0 Å². The molecular weight excluding hydrogens is 272 g/mol. The van der Waals surface area contributed by atoms with Gasteiger partial charge in [0.05, 0.1) is 5.75 Å². The van der Waals surface area contributed by atoms with Crippen LogP contribution in [0, 0.1) is 18.8 Å². The van der Waals surface area contributed by atoms with Crippen molar-refractivity contribution >= 4 is 10.0 Å². The molecule has 1 aromatic rings. The Bertz CT molecular complexity index is 569. The average molecular weight is 296 g/mol. The molecule has 0 radical (unpaired) electrons. The van der Waals surface area contributed by atoms with E-state index >= 15 is 0 Å². The van der Waals surface area contributed by atoms with Crippen LogP contribution in [-0.4, -0.2) is 31.9 Å². The molecule has 1 aromatic carbocycles. The molecule has 4 nitrogen and oxygen atoms in total. The van der Waals surface area contributed by atoms with Gasteiger partial charge in [-0.15, -0.1) is 0 Å². The van der Waals surface area contributed by atoms with Crippen molar-refractivity contribution in [3.05, 3.63) is 35.4 Å². The van der Waals surface area contributed by atoms with Gasteiger partial charge in [-0.1, -0.05) is 43.7 Å². The quantitative estimate of drug-likeness (QED) is 0.920. The summed E-state index contributed by atoms with van der Waals surface area (Å²) >= 11 is 0. The molecule has 5 heteroatoms. The number of aryl methyl sites for hydroxylation is 1. The number of sulfonamides is 1. The van der Waals surface area contributed by atoms with Gasteiger partial charge in [-0.2, -0.15) is 4.31 Å². The predicted molar refractivity (Wildman–Crippen MR) is 81.7 cm³/mol. The highest BCUT2D eigenvalue weighted by molar-refractivity contribution is 7.88. The maximum Gasteiger partial charge on any atom is 0.218 e. The minimum atomic E-state index is -3.28. The van der Waals surface area contributed by atoms with E-state index in [1.807, 2.05) is 31.2 Å². The lowest BCUT2D eigenvalue weighted by Crippen LogP contribution is -2.33. The molecule has 20 heavy (non-hydrogen) atoms. The van der Waals surface area contributed by atoms with Crippen LogP contribution in [0.3, 0.4) is 0 Å². The maximum absolute atomic E-state index is 12.5. The van der Waals surface area contributed by atoms with Gasteiger partial charge in [-0.3, -0.25) is 0 Å². The van der Waals surface area contributed by atoms with Gasteiger partial charge in [0.25, 0.3) is 0 Å². The van der Waals surface area contributed by atoms with Gasteiger partial charge >= 0.3 is 0 Å². The lowest BCUT2D eigenvalue weighted by atomic mass is 9.92. The zero-order valence-corrected chi connectivity index (χ0v) is 13.2. The molecule has 1 saturated heterocycles. The predicted octanol–water partition coefficient (Wildman–Crippen LogP) is 1.74. The van der Waals surface area contributed by atoms with Gasteiger partial charge in [-0.05, 0) is 24.3 Å². The van der Waals surface area contributed by atoms with E-state index in [2.05, 4.69) is 13.8 Å². The summed E-state index contributed by atoms with van der Waals surface area (Å²) in [6.07, 6.45) is 0. The van der Waals surface area contributed by atoms with Gasteiger partial charge in [0.1, 0.15) is 0 Å². The topological polar surface area (TPSA) is 63.4 Å². The van der Waals surface area contributed by atoms with E-state index in [9.17, 15) is 8.42 Å². The van der Waals surface area contributed by atoms with Crippen LogP contribution in [-0.2, 0) is 15.8 Å². The molecule has 0 saturated carbocycles. The van der Waals surface area contributed by atoms with E-state index in [1.165, 1.54) is 0 Å². The fourth-order valence-electron chi connectivity index (χ4n) is 2.85. The fourth-order valence-corrected chi connectivity index (χ4v) is 4.43. The van der Waals surface area contributed by atoms with Gasteiger partial charge in [0.15, 0.2) is 0 Å². The first kappa shape index (κ1) is 15.5. The smallest absolute Gasteiger partial charge is 0.218 e. The summed E-state index contributed by atoms with van der Waals surface area (Å²) in [6, 6.07) is 7.60. The lowest BCUT2D eigenvalue weighted by molar-refractivity contribution is 0.368. The average Bonchev–Trinajstić information content (AvgIpc) is 2.71. The Morgan fingerprint density at radius 1 is 1.35 bits per heavy atom. The van der Waals surface area contributed by atoms with Crippen molar-refractivity contribution in [2.24, 2.45) is 17.6 Å². The van der Waals surface area contributed by atoms with Crippen LogP contribution < -0.4 is 5.73 Å². The van der Waals surface area contributed by atoms with Crippen molar-refractivity contribution in [3.8, 4) is 0 Å². The maximum atomic E-state index is 12.5. The van der Waals surface area contributed by atoms with E-state index in [4.69, 9.17) is 5.73 Å². The molecule has 2 N–H and O–H groups in total. The summed E-state index contributed by atoms with van der Waals surface area (Å²) in [6.45, 7) is 7.16. The third-order valence-electron chi connectivity index (χ3n) is 4.06. The van der Waals surface area contributed by atoms with Crippen molar-refractivity contribution in [3.63, 3.8) is 0 Å². The zero-order chi connectivity index (χ0) is 14.9. The van der Waals surface area contributed by atoms with Crippen LogP contribution in [0.1, 0.15) is 25.0 Å². The van der Waals surface area contributed by atoms with E-state index in [0.717, 1.165) is 11.1 Å². The van der Waals surface area contributed by atoms with Crippen LogP contribution in [0.15, 0.2) is 24.3 Å². The first-order chi connectivity index (χ1) is 9.29. The SMILES string of the molecule is Cc1cccc(CS(=O)(=O)N2C[C@H](C(C)C)[C@@H](N)C2)c1. The Kier molecular flexibility index (Phi) is 4.52. The van der Waals surface area contributed by atoms with E-state index in [1.54, 1.807) is 4.31 Å². The Morgan fingerprint density at radius 3 is 2.60 bits per heavy atom. The summed E-state index contributed by atoms with van der Waals surface area (Å²) in [5.74, 6) is 0.720. The second-order valence-corrected chi connectivity index (χ2v) is 8.10. The Hall–Kier alpha value is -0.910. The number of hydrogen-bond donors (Lipinski definition) is 1. The third-order valence-corrected chi connectivity index (χ3v) is 5.84. The molecule has 2 atom stereocenters. The zero-order valence-electron chi connectivity index (χ0n) is 12.4. The number of nitrogens with two attached hydrogens (primary N) is 1. The van der Waals surface area contributed by atoms with Gasteiger partial charge in [0.2, 0.25) is 10.0 Å². The number of hydrogen-bond acceptors (Lipinski definition) is 3. The summed E-state index contributed by atoms with van der Waals surface area (Å²) < 4.78 is 26.6. The highest BCUT2D eigenvalue weighted by atomic mass is 32.2.